The molecule has 1 fully saturated rings. The van der Waals surface area contributed by atoms with Crippen LogP contribution in [0.2, 0.25) is 0 Å². The molecular weight excluding hydrogens is 204 g/mol. The summed E-state index contributed by atoms with van der Waals surface area (Å²) in [6.45, 7) is 2.07. The van der Waals surface area contributed by atoms with Gasteiger partial charge in [-0.15, -0.1) is 0 Å². The number of amides is 1. The number of rotatable bonds is 2. The van der Waals surface area contributed by atoms with Gasteiger partial charge in [-0.1, -0.05) is 12.8 Å². The third kappa shape index (κ3) is 2.32. The fourth-order valence-electron chi connectivity index (χ4n) is 2.18. The smallest absolute Gasteiger partial charge is 0.253 e. The Morgan fingerprint density at radius 1 is 1.38 bits per heavy atom. The number of carbonyl (C=O) groups is 1. The van der Waals surface area contributed by atoms with E-state index in [-0.39, 0.29) is 17.0 Å². The molecule has 0 saturated heterocycles. The van der Waals surface area contributed by atoms with Crippen molar-refractivity contribution in [1.29, 1.82) is 0 Å². The molecule has 0 spiro atoms. The van der Waals surface area contributed by atoms with Crippen molar-refractivity contribution in [2.45, 2.75) is 38.1 Å². The maximum absolute atomic E-state index is 11.9. The van der Waals surface area contributed by atoms with Gasteiger partial charge in [0.05, 0.1) is 5.56 Å². The minimum absolute atomic E-state index is 0.0762. The largest absolute Gasteiger partial charge is 0.347 e. The maximum Gasteiger partial charge on any atom is 0.253 e. The molecule has 2 rings (SSSR count). The molecule has 4 heteroatoms. The van der Waals surface area contributed by atoms with Crippen LogP contribution in [-0.4, -0.2) is 16.4 Å². The Kier molecular flexibility index (Phi) is 2.81. The summed E-state index contributed by atoms with van der Waals surface area (Å²) in [5.74, 6) is -0.111. The van der Waals surface area contributed by atoms with Gasteiger partial charge in [0.25, 0.3) is 5.91 Å². The van der Waals surface area contributed by atoms with E-state index in [9.17, 15) is 9.59 Å². The lowest BCUT2D eigenvalue weighted by Gasteiger charge is -2.25. The van der Waals surface area contributed by atoms with Gasteiger partial charge in [0.15, 0.2) is 0 Å². The Labute approximate surface area is 94.1 Å². The number of pyridine rings is 1. The molecule has 1 aliphatic rings. The van der Waals surface area contributed by atoms with Crippen LogP contribution in [0.5, 0.6) is 0 Å². The fourth-order valence-corrected chi connectivity index (χ4v) is 2.18. The van der Waals surface area contributed by atoms with Crippen molar-refractivity contribution in [1.82, 2.24) is 10.3 Å². The van der Waals surface area contributed by atoms with Crippen molar-refractivity contribution in [2.75, 3.05) is 0 Å². The number of hydrogen-bond donors (Lipinski definition) is 2. The van der Waals surface area contributed by atoms with E-state index in [1.165, 1.54) is 25.1 Å². The third-order valence-corrected chi connectivity index (χ3v) is 3.17. The van der Waals surface area contributed by atoms with Gasteiger partial charge in [-0.05, 0) is 25.8 Å². The lowest BCUT2D eigenvalue weighted by molar-refractivity contribution is 0.0907. The van der Waals surface area contributed by atoms with Crippen LogP contribution >= 0.6 is 0 Å². The van der Waals surface area contributed by atoms with Crippen LogP contribution in [0.1, 0.15) is 43.0 Å². The lowest BCUT2D eigenvalue weighted by Crippen LogP contribution is -2.43. The van der Waals surface area contributed by atoms with E-state index >= 15 is 0 Å². The van der Waals surface area contributed by atoms with Crippen molar-refractivity contribution in [3.05, 3.63) is 34.2 Å². The van der Waals surface area contributed by atoms with E-state index in [4.69, 9.17) is 0 Å². The van der Waals surface area contributed by atoms with E-state index in [0.717, 1.165) is 12.8 Å². The molecule has 1 aromatic heterocycles. The molecule has 2 N–H and O–H groups in total. The zero-order chi connectivity index (χ0) is 11.6. The average Bonchev–Trinajstić information content (AvgIpc) is 2.65. The molecule has 1 heterocycles. The Hall–Kier alpha value is -1.58. The van der Waals surface area contributed by atoms with E-state index in [1.807, 2.05) is 0 Å². The molecule has 1 aromatic rings. The standard InChI is InChI=1S/C12H16N2O2/c1-12(6-2-3-7-12)14-11(16)9-4-5-10(15)13-8-9/h4-5,8H,2-3,6-7H2,1H3,(H,13,15)(H,14,16). The minimum atomic E-state index is -0.191. The second kappa shape index (κ2) is 4.12. The van der Waals surface area contributed by atoms with Gasteiger partial charge in [0, 0.05) is 17.8 Å². The monoisotopic (exact) mass is 220 g/mol. The number of aromatic amines is 1. The quantitative estimate of drug-likeness (QED) is 0.792. The highest BCUT2D eigenvalue weighted by Gasteiger charge is 2.30. The molecule has 1 aliphatic carbocycles. The van der Waals surface area contributed by atoms with Crippen LogP contribution in [0.3, 0.4) is 0 Å². The van der Waals surface area contributed by atoms with Crippen LogP contribution < -0.4 is 10.9 Å². The Balaban J connectivity index is 2.08. The summed E-state index contributed by atoms with van der Waals surface area (Å²) in [5.41, 5.74) is 0.240. The van der Waals surface area contributed by atoms with Gasteiger partial charge in [-0.2, -0.15) is 0 Å². The van der Waals surface area contributed by atoms with Crippen molar-refractivity contribution >= 4 is 5.91 Å². The number of H-pyrrole nitrogens is 1. The number of aromatic nitrogens is 1. The van der Waals surface area contributed by atoms with Gasteiger partial charge < -0.3 is 10.3 Å². The van der Waals surface area contributed by atoms with Gasteiger partial charge in [-0.3, -0.25) is 9.59 Å². The predicted molar refractivity (Wildman–Crippen MR) is 61.4 cm³/mol. The summed E-state index contributed by atoms with van der Waals surface area (Å²) >= 11 is 0. The summed E-state index contributed by atoms with van der Waals surface area (Å²) in [6.07, 6.45) is 5.85. The molecule has 1 saturated carbocycles. The summed E-state index contributed by atoms with van der Waals surface area (Å²) < 4.78 is 0. The molecule has 0 aliphatic heterocycles. The van der Waals surface area contributed by atoms with E-state index < -0.39 is 0 Å². The SMILES string of the molecule is CC1(NC(=O)c2ccc(=O)[nH]c2)CCCC1. The van der Waals surface area contributed by atoms with Gasteiger partial charge in [0.2, 0.25) is 5.56 Å². The van der Waals surface area contributed by atoms with Crippen molar-refractivity contribution in [2.24, 2.45) is 0 Å². The van der Waals surface area contributed by atoms with Crippen LogP contribution in [0.4, 0.5) is 0 Å². The Morgan fingerprint density at radius 3 is 2.62 bits per heavy atom. The highest BCUT2D eigenvalue weighted by molar-refractivity contribution is 5.94. The molecule has 4 nitrogen and oxygen atoms in total. The van der Waals surface area contributed by atoms with Gasteiger partial charge in [-0.25, -0.2) is 0 Å². The Bertz CT molecular complexity index is 424. The van der Waals surface area contributed by atoms with Crippen molar-refractivity contribution in [3.63, 3.8) is 0 Å². The predicted octanol–water partition coefficient (Wildman–Crippen LogP) is 1.44. The average molecular weight is 220 g/mol. The number of hydrogen-bond acceptors (Lipinski definition) is 2. The second-order valence-corrected chi connectivity index (χ2v) is 4.66. The third-order valence-electron chi connectivity index (χ3n) is 3.17. The normalized spacial score (nSPS) is 18.3. The number of nitrogens with one attached hydrogen (secondary N) is 2. The fraction of sp³-hybridized carbons (Fsp3) is 0.500. The van der Waals surface area contributed by atoms with E-state index in [0.29, 0.717) is 5.56 Å². The van der Waals surface area contributed by atoms with Crippen LogP contribution in [-0.2, 0) is 0 Å². The van der Waals surface area contributed by atoms with Crippen molar-refractivity contribution < 1.29 is 4.79 Å². The number of carbonyl (C=O) groups excluding carboxylic acids is 1. The first-order chi connectivity index (χ1) is 7.59. The molecule has 86 valence electrons. The zero-order valence-corrected chi connectivity index (χ0v) is 9.38. The second-order valence-electron chi connectivity index (χ2n) is 4.66. The van der Waals surface area contributed by atoms with E-state index in [2.05, 4.69) is 17.2 Å². The highest BCUT2D eigenvalue weighted by atomic mass is 16.2. The summed E-state index contributed by atoms with van der Waals surface area (Å²) in [6, 6.07) is 2.92. The zero-order valence-electron chi connectivity index (χ0n) is 9.38. The molecule has 0 bridgehead atoms. The molecule has 0 radical (unpaired) electrons. The molecular formula is C12H16N2O2. The van der Waals surface area contributed by atoms with Gasteiger partial charge >= 0.3 is 0 Å². The van der Waals surface area contributed by atoms with Crippen LogP contribution in [0, 0.1) is 0 Å². The lowest BCUT2D eigenvalue weighted by atomic mass is 10.0. The summed E-state index contributed by atoms with van der Waals surface area (Å²) in [7, 11) is 0. The molecule has 1 amide bonds. The summed E-state index contributed by atoms with van der Waals surface area (Å²) in [4.78, 5) is 25.3. The summed E-state index contributed by atoms with van der Waals surface area (Å²) in [5, 5.41) is 3.03. The molecule has 16 heavy (non-hydrogen) atoms. The first-order valence-electron chi connectivity index (χ1n) is 5.60. The van der Waals surface area contributed by atoms with Crippen LogP contribution in [0.15, 0.2) is 23.1 Å². The van der Waals surface area contributed by atoms with Gasteiger partial charge in [0.1, 0.15) is 0 Å². The topological polar surface area (TPSA) is 62.0 Å². The highest BCUT2D eigenvalue weighted by Crippen LogP contribution is 2.29. The minimum Gasteiger partial charge on any atom is -0.347 e. The molecule has 0 atom stereocenters. The van der Waals surface area contributed by atoms with Crippen LogP contribution in [0.25, 0.3) is 0 Å². The first-order valence-corrected chi connectivity index (χ1v) is 5.60. The first kappa shape index (κ1) is 10.9. The maximum atomic E-state index is 11.9. The molecule has 0 aromatic carbocycles. The molecule has 0 unspecified atom stereocenters. The van der Waals surface area contributed by atoms with Crippen molar-refractivity contribution in [3.8, 4) is 0 Å². The van der Waals surface area contributed by atoms with E-state index in [1.54, 1.807) is 6.07 Å². The Morgan fingerprint density at radius 2 is 2.06 bits per heavy atom.